The number of carbonyl (C=O) groups is 2. The molecule has 2 atom stereocenters. The molecule has 0 aromatic carbocycles. The summed E-state index contributed by atoms with van der Waals surface area (Å²) in [6.07, 6.45) is 0.473. The Morgan fingerprint density at radius 2 is 1.96 bits per heavy atom. The monoisotopic (exact) mass is 333 g/mol. The van der Waals surface area contributed by atoms with Gasteiger partial charge in [0, 0.05) is 19.4 Å². The van der Waals surface area contributed by atoms with Gasteiger partial charge in [-0.15, -0.1) is 0 Å². The number of methoxy groups -OCH3 is 1. The van der Waals surface area contributed by atoms with Crippen molar-refractivity contribution in [1.29, 1.82) is 0 Å². The van der Waals surface area contributed by atoms with Gasteiger partial charge in [-0.2, -0.15) is 0 Å². The van der Waals surface area contributed by atoms with Crippen LogP contribution in [0.2, 0.25) is 0 Å². The van der Waals surface area contributed by atoms with Crippen LogP contribution in [-0.4, -0.2) is 61.6 Å². The maximum atomic E-state index is 13.6. The highest BCUT2D eigenvalue weighted by Gasteiger charge is 2.37. The lowest BCUT2D eigenvalue weighted by molar-refractivity contribution is -0.140. The molecule has 0 saturated carbocycles. The highest BCUT2D eigenvalue weighted by Crippen LogP contribution is 2.23. The van der Waals surface area contributed by atoms with E-state index in [0.717, 1.165) is 0 Å². The SMILES string of the molecule is COC(=O)CCCCOC[C@@H]1C[C@H](F)CN1C(=O)OC(C)(C)C. The summed E-state index contributed by atoms with van der Waals surface area (Å²) in [4.78, 5) is 24.5. The lowest BCUT2D eigenvalue weighted by atomic mass is 10.2. The van der Waals surface area contributed by atoms with Gasteiger partial charge in [-0.25, -0.2) is 9.18 Å². The number of esters is 1. The topological polar surface area (TPSA) is 65.1 Å². The minimum atomic E-state index is -1.05. The Morgan fingerprint density at radius 3 is 2.57 bits per heavy atom. The fraction of sp³-hybridized carbons (Fsp3) is 0.875. The summed E-state index contributed by atoms with van der Waals surface area (Å²) in [5.74, 6) is -0.239. The summed E-state index contributed by atoms with van der Waals surface area (Å²) in [7, 11) is 1.36. The Kier molecular flexibility index (Phi) is 7.75. The van der Waals surface area contributed by atoms with E-state index in [9.17, 15) is 14.0 Å². The van der Waals surface area contributed by atoms with Crippen molar-refractivity contribution in [2.75, 3.05) is 26.9 Å². The average molecular weight is 333 g/mol. The lowest BCUT2D eigenvalue weighted by Crippen LogP contribution is -2.42. The summed E-state index contributed by atoms with van der Waals surface area (Å²) in [5, 5.41) is 0. The molecule has 1 aliphatic heterocycles. The van der Waals surface area contributed by atoms with E-state index >= 15 is 0 Å². The summed E-state index contributed by atoms with van der Waals surface area (Å²) in [6, 6.07) is -0.305. The van der Waals surface area contributed by atoms with E-state index in [1.54, 1.807) is 20.8 Å². The molecule has 0 aliphatic carbocycles. The number of carbonyl (C=O) groups excluding carboxylic acids is 2. The van der Waals surface area contributed by atoms with E-state index in [1.165, 1.54) is 12.0 Å². The van der Waals surface area contributed by atoms with Gasteiger partial charge < -0.3 is 14.2 Å². The first kappa shape index (κ1) is 19.7. The second kappa shape index (κ2) is 9.05. The minimum Gasteiger partial charge on any atom is -0.469 e. The number of nitrogens with zero attached hydrogens (tertiary/aromatic N) is 1. The van der Waals surface area contributed by atoms with E-state index in [1.807, 2.05) is 0 Å². The molecule has 1 fully saturated rings. The first-order valence-corrected chi connectivity index (χ1v) is 8.01. The number of hydrogen-bond acceptors (Lipinski definition) is 5. The van der Waals surface area contributed by atoms with Gasteiger partial charge in [-0.05, 0) is 33.6 Å². The van der Waals surface area contributed by atoms with Crippen molar-refractivity contribution >= 4 is 12.1 Å². The first-order chi connectivity index (χ1) is 10.7. The molecule has 134 valence electrons. The Morgan fingerprint density at radius 1 is 1.26 bits per heavy atom. The average Bonchev–Trinajstić information content (AvgIpc) is 2.81. The van der Waals surface area contributed by atoms with Crippen molar-refractivity contribution in [2.45, 2.75) is 64.3 Å². The molecular formula is C16H28FNO5. The number of unbranched alkanes of at least 4 members (excludes halogenated alkanes) is 1. The third kappa shape index (κ3) is 7.63. The Labute approximate surface area is 137 Å². The van der Waals surface area contributed by atoms with E-state index in [4.69, 9.17) is 9.47 Å². The Bertz CT molecular complexity index is 396. The van der Waals surface area contributed by atoms with Crippen LogP contribution < -0.4 is 0 Å². The zero-order valence-electron chi connectivity index (χ0n) is 14.5. The third-order valence-electron chi connectivity index (χ3n) is 3.45. The standard InChI is InChI=1S/C16H28FNO5/c1-16(2,3)23-15(20)18-10-12(17)9-13(18)11-22-8-6-5-7-14(19)21-4/h12-13H,5-11H2,1-4H3/t12-,13-/m0/s1. The number of likely N-dealkylation sites (tertiary alicyclic amines) is 1. The molecule has 1 rings (SSSR count). The second-order valence-electron chi connectivity index (χ2n) is 6.73. The van der Waals surface area contributed by atoms with Crippen LogP contribution in [0.3, 0.4) is 0 Å². The number of amides is 1. The summed E-state index contributed by atoms with van der Waals surface area (Å²) >= 11 is 0. The fourth-order valence-electron chi connectivity index (χ4n) is 2.36. The molecular weight excluding hydrogens is 305 g/mol. The Hall–Kier alpha value is -1.37. The van der Waals surface area contributed by atoms with Crippen LogP contribution in [0.4, 0.5) is 9.18 Å². The van der Waals surface area contributed by atoms with Crippen molar-refractivity contribution in [3.63, 3.8) is 0 Å². The molecule has 0 unspecified atom stereocenters. The maximum Gasteiger partial charge on any atom is 0.410 e. The normalized spacial score (nSPS) is 21.3. The van der Waals surface area contributed by atoms with Crippen LogP contribution in [0.5, 0.6) is 0 Å². The van der Waals surface area contributed by atoms with Crippen LogP contribution in [-0.2, 0) is 19.0 Å². The molecule has 1 amide bonds. The molecule has 6 nitrogen and oxygen atoms in total. The van der Waals surface area contributed by atoms with Gasteiger partial charge in [0.2, 0.25) is 0 Å². The van der Waals surface area contributed by atoms with Crippen LogP contribution >= 0.6 is 0 Å². The van der Waals surface area contributed by atoms with Crippen LogP contribution in [0.1, 0.15) is 46.5 Å². The predicted octanol–water partition coefficient (Wildman–Crippen LogP) is 2.69. The number of ether oxygens (including phenoxy) is 3. The molecule has 23 heavy (non-hydrogen) atoms. The molecule has 1 heterocycles. The van der Waals surface area contributed by atoms with Gasteiger partial charge in [-0.1, -0.05) is 0 Å². The number of hydrogen-bond donors (Lipinski definition) is 0. The van der Waals surface area contributed by atoms with E-state index in [-0.39, 0.29) is 31.6 Å². The molecule has 0 aromatic heterocycles. The molecule has 0 spiro atoms. The molecule has 0 bridgehead atoms. The van der Waals surface area contributed by atoms with Crippen LogP contribution in [0, 0.1) is 0 Å². The largest absolute Gasteiger partial charge is 0.469 e. The van der Waals surface area contributed by atoms with Crippen LogP contribution in [0.25, 0.3) is 0 Å². The summed E-state index contributed by atoms with van der Waals surface area (Å²) < 4.78 is 29.0. The molecule has 1 saturated heterocycles. The van der Waals surface area contributed by atoms with E-state index in [0.29, 0.717) is 25.9 Å². The lowest BCUT2D eigenvalue weighted by Gasteiger charge is -2.28. The van der Waals surface area contributed by atoms with Gasteiger partial charge in [0.25, 0.3) is 0 Å². The number of halogens is 1. The van der Waals surface area contributed by atoms with Crippen molar-refractivity contribution in [2.24, 2.45) is 0 Å². The van der Waals surface area contributed by atoms with Gasteiger partial charge in [0.05, 0.1) is 26.3 Å². The predicted molar refractivity (Wildman–Crippen MR) is 82.9 cm³/mol. The summed E-state index contributed by atoms with van der Waals surface area (Å²) in [5.41, 5.74) is -0.606. The van der Waals surface area contributed by atoms with Crippen LogP contribution in [0.15, 0.2) is 0 Å². The smallest absolute Gasteiger partial charge is 0.410 e. The van der Waals surface area contributed by atoms with Gasteiger partial charge in [0.15, 0.2) is 0 Å². The summed E-state index contributed by atoms with van der Waals surface area (Å²) in [6.45, 7) is 6.12. The van der Waals surface area contributed by atoms with Crippen molar-refractivity contribution in [3.8, 4) is 0 Å². The fourth-order valence-corrected chi connectivity index (χ4v) is 2.36. The zero-order chi connectivity index (χ0) is 17.5. The molecule has 1 aliphatic rings. The second-order valence-corrected chi connectivity index (χ2v) is 6.73. The van der Waals surface area contributed by atoms with E-state index in [2.05, 4.69) is 4.74 Å². The van der Waals surface area contributed by atoms with Crippen molar-refractivity contribution in [1.82, 2.24) is 4.90 Å². The Balaban J connectivity index is 2.30. The van der Waals surface area contributed by atoms with Crippen molar-refractivity contribution in [3.05, 3.63) is 0 Å². The quantitative estimate of drug-likeness (QED) is 0.529. The van der Waals surface area contributed by atoms with Gasteiger partial charge in [0.1, 0.15) is 11.8 Å². The number of alkyl halides is 1. The number of rotatable bonds is 7. The van der Waals surface area contributed by atoms with Gasteiger partial charge >= 0.3 is 12.1 Å². The maximum absolute atomic E-state index is 13.6. The first-order valence-electron chi connectivity index (χ1n) is 8.01. The molecule has 0 N–H and O–H groups in total. The molecule has 7 heteroatoms. The minimum absolute atomic E-state index is 0.0469. The van der Waals surface area contributed by atoms with Gasteiger partial charge in [-0.3, -0.25) is 9.69 Å². The zero-order valence-corrected chi connectivity index (χ0v) is 14.5. The van der Waals surface area contributed by atoms with Crippen molar-refractivity contribution < 1.29 is 28.2 Å². The highest BCUT2D eigenvalue weighted by atomic mass is 19.1. The third-order valence-corrected chi connectivity index (χ3v) is 3.45. The molecule has 0 aromatic rings. The molecule has 0 radical (unpaired) electrons. The van der Waals surface area contributed by atoms with E-state index < -0.39 is 17.9 Å². The highest BCUT2D eigenvalue weighted by molar-refractivity contribution is 5.69.